The van der Waals surface area contributed by atoms with Crippen molar-refractivity contribution in [3.05, 3.63) is 41.5 Å². The number of guanidine groups is 1. The van der Waals surface area contributed by atoms with Crippen LogP contribution in [-0.4, -0.2) is 46.4 Å². The molecule has 1 atom stereocenters. The Bertz CT molecular complexity index is 748. The van der Waals surface area contributed by atoms with E-state index in [0.29, 0.717) is 12.6 Å². The van der Waals surface area contributed by atoms with E-state index in [1.54, 1.807) is 0 Å². The number of anilines is 1. The highest BCUT2D eigenvalue weighted by atomic mass is 15.3. The fourth-order valence-electron chi connectivity index (χ4n) is 3.12. The van der Waals surface area contributed by atoms with Gasteiger partial charge in [0.15, 0.2) is 11.8 Å². The summed E-state index contributed by atoms with van der Waals surface area (Å²) in [6, 6.07) is 9.13. The molecule has 0 bridgehead atoms. The van der Waals surface area contributed by atoms with Crippen molar-refractivity contribution in [1.82, 2.24) is 25.4 Å². The van der Waals surface area contributed by atoms with Crippen LogP contribution in [0.25, 0.3) is 0 Å². The lowest BCUT2D eigenvalue weighted by Crippen LogP contribution is -2.44. The van der Waals surface area contributed by atoms with Crippen molar-refractivity contribution in [3.8, 4) is 0 Å². The number of nitrogens with zero attached hydrogens (tertiary/aromatic N) is 5. The molecule has 7 heteroatoms. The SMILES string of the molecule is CCNC(=NCc1nnc(C)n1C)NC1CCN(c2ccc(C)cc2)C1. The fraction of sp³-hybridized carbons (Fsp3) is 0.526. The molecule has 2 N–H and O–H groups in total. The topological polar surface area (TPSA) is 70.4 Å². The number of aryl methyl sites for hydroxylation is 2. The highest BCUT2D eigenvalue weighted by Gasteiger charge is 2.23. The summed E-state index contributed by atoms with van der Waals surface area (Å²) in [5.41, 5.74) is 2.58. The Morgan fingerprint density at radius 2 is 2.00 bits per heavy atom. The average Bonchev–Trinajstić information content (AvgIpc) is 3.22. The van der Waals surface area contributed by atoms with Crippen molar-refractivity contribution in [2.75, 3.05) is 24.5 Å². The monoisotopic (exact) mass is 355 g/mol. The quantitative estimate of drug-likeness (QED) is 0.632. The smallest absolute Gasteiger partial charge is 0.191 e. The number of aromatic nitrogens is 3. The third-order valence-corrected chi connectivity index (χ3v) is 4.83. The van der Waals surface area contributed by atoms with Crippen molar-refractivity contribution in [2.45, 2.75) is 39.8 Å². The van der Waals surface area contributed by atoms with Gasteiger partial charge in [0.05, 0.1) is 0 Å². The van der Waals surface area contributed by atoms with E-state index in [4.69, 9.17) is 0 Å². The Labute approximate surface area is 155 Å². The molecule has 1 aromatic carbocycles. The van der Waals surface area contributed by atoms with Crippen LogP contribution >= 0.6 is 0 Å². The number of rotatable bonds is 5. The van der Waals surface area contributed by atoms with E-state index in [0.717, 1.165) is 43.7 Å². The number of hydrogen-bond donors (Lipinski definition) is 2. The van der Waals surface area contributed by atoms with Crippen LogP contribution in [0, 0.1) is 13.8 Å². The molecule has 3 rings (SSSR count). The third kappa shape index (κ3) is 4.33. The molecule has 1 aliphatic rings. The van der Waals surface area contributed by atoms with E-state index in [1.165, 1.54) is 11.3 Å². The molecule has 0 radical (unpaired) electrons. The van der Waals surface area contributed by atoms with Gasteiger partial charge in [-0.3, -0.25) is 0 Å². The molecular weight excluding hydrogens is 326 g/mol. The summed E-state index contributed by atoms with van der Waals surface area (Å²) in [6.07, 6.45) is 1.10. The van der Waals surface area contributed by atoms with Gasteiger partial charge < -0.3 is 20.1 Å². The van der Waals surface area contributed by atoms with E-state index in [1.807, 2.05) is 18.5 Å². The molecule has 1 saturated heterocycles. The summed E-state index contributed by atoms with van der Waals surface area (Å²) >= 11 is 0. The van der Waals surface area contributed by atoms with Gasteiger partial charge in [-0.25, -0.2) is 4.99 Å². The number of nitrogens with one attached hydrogen (secondary N) is 2. The first-order chi connectivity index (χ1) is 12.6. The van der Waals surface area contributed by atoms with Crippen LogP contribution < -0.4 is 15.5 Å². The van der Waals surface area contributed by atoms with Crippen LogP contribution in [0.3, 0.4) is 0 Å². The molecule has 1 fully saturated rings. The minimum absolute atomic E-state index is 0.385. The van der Waals surface area contributed by atoms with Gasteiger partial charge in [-0.15, -0.1) is 10.2 Å². The molecule has 0 spiro atoms. The number of benzene rings is 1. The van der Waals surface area contributed by atoms with Crippen molar-refractivity contribution < 1.29 is 0 Å². The number of aliphatic imine (C=N–C) groups is 1. The molecule has 1 aliphatic heterocycles. The Morgan fingerprint density at radius 1 is 1.23 bits per heavy atom. The summed E-state index contributed by atoms with van der Waals surface area (Å²) in [7, 11) is 1.97. The zero-order valence-electron chi connectivity index (χ0n) is 16.2. The van der Waals surface area contributed by atoms with Gasteiger partial charge in [0.25, 0.3) is 0 Å². The van der Waals surface area contributed by atoms with Gasteiger partial charge in [0, 0.05) is 38.4 Å². The van der Waals surface area contributed by atoms with Gasteiger partial charge in [0.1, 0.15) is 12.4 Å². The summed E-state index contributed by atoms with van der Waals surface area (Å²) in [4.78, 5) is 7.11. The van der Waals surface area contributed by atoms with E-state index in [-0.39, 0.29) is 0 Å². The van der Waals surface area contributed by atoms with Crippen molar-refractivity contribution in [3.63, 3.8) is 0 Å². The average molecular weight is 355 g/mol. The van der Waals surface area contributed by atoms with Crippen LogP contribution in [0.1, 0.15) is 30.6 Å². The van der Waals surface area contributed by atoms with E-state index in [2.05, 4.69) is 68.8 Å². The maximum atomic E-state index is 4.68. The van der Waals surface area contributed by atoms with E-state index >= 15 is 0 Å². The Morgan fingerprint density at radius 3 is 2.65 bits per heavy atom. The second kappa shape index (κ2) is 8.21. The second-order valence-corrected chi connectivity index (χ2v) is 6.83. The molecule has 1 unspecified atom stereocenters. The van der Waals surface area contributed by atoms with Gasteiger partial charge in [0.2, 0.25) is 0 Å². The summed E-state index contributed by atoms with van der Waals surface area (Å²) in [6.45, 7) is 9.53. The first kappa shape index (κ1) is 18.2. The van der Waals surface area contributed by atoms with Crippen LogP contribution in [0.5, 0.6) is 0 Å². The summed E-state index contributed by atoms with van der Waals surface area (Å²) in [5.74, 6) is 2.61. The second-order valence-electron chi connectivity index (χ2n) is 6.83. The minimum atomic E-state index is 0.385. The molecular formula is C19H29N7. The molecule has 0 saturated carbocycles. The Balaban J connectivity index is 1.60. The zero-order chi connectivity index (χ0) is 18.5. The maximum Gasteiger partial charge on any atom is 0.191 e. The number of hydrogen-bond acceptors (Lipinski definition) is 4. The third-order valence-electron chi connectivity index (χ3n) is 4.83. The first-order valence-electron chi connectivity index (χ1n) is 9.28. The lowest BCUT2D eigenvalue weighted by Gasteiger charge is -2.20. The fourth-order valence-corrected chi connectivity index (χ4v) is 3.12. The van der Waals surface area contributed by atoms with Gasteiger partial charge in [-0.05, 0) is 39.3 Å². The molecule has 1 aromatic heterocycles. The van der Waals surface area contributed by atoms with Crippen LogP contribution in [0.4, 0.5) is 5.69 Å². The highest BCUT2D eigenvalue weighted by Crippen LogP contribution is 2.20. The Hall–Kier alpha value is -2.57. The van der Waals surface area contributed by atoms with E-state index in [9.17, 15) is 0 Å². The summed E-state index contributed by atoms with van der Waals surface area (Å²) in [5, 5.41) is 15.2. The predicted octanol–water partition coefficient (Wildman–Crippen LogP) is 1.77. The lowest BCUT2D eigenvalue weighted by molar-refractivity contribution is 0.646. The highest BCUT2D eigenvalue weighted by molar-refractivity contribution is 5.80. The Kier molecular flexibility index (Phi) is 5.75. The van der Waals surface area contributed by atoms with Gasteiger partial charge in [-0.2, -0.15) is 0 Å². The molecule has 140 valence electrons. The predicted molar refractivity (Wildman–Crippen MR) is 105 cm³/mol. The molecule has 2 aromatic rings. The van der Waals surface area contributed by atoms with Crippen LogP contribution in [0.15, 0.2) is 29.3 Å². The largest absolute Gasteiger partial charge is 0.369 e. The molecule has 7 nitrogen and oxygen atoms in total. The normalized spacial score (nSPS) is 17.6. The lowest BCUT2D eigenvalue weighted by atomic mass is 10.2. The van der Waals surface area contributed by atoms with Crippen molar-refractivity contribution >= 4 is 11.6 Å². The maximum absolute atomic E-state index is 4.68. The van der Waals surface area contributed by atoms with Crippen LogP contribution in [-0.2, 0) is 13.6 Å². The molecule has 0 aliphatic carbocycles. The zero-order valence-corrected chi connectivity index (χ0v) is 16.2. The molecule has 0 amide bonds. The van der Waals surface area contributed by atoms with E-state index < -0.39 is 0 Å². The summed E-state index contributed by atoms with van der Waals surface area (Å²) < 4.78 is 1.97. The molecule has 2 heterocycles. The van der Waals surface area contributed by atoms with Crippen molar-refractivity contribution in [1.29, 1.82) is 0 Å². The molecule has 26 heavy (non-hydrogen) atoms. The first-order valence-corrected chi connectivity index (χ1v) is 9.28. The van der Waals surface area contributed by atoms with Gasteiger partial charge >= 0.3 is 0 Å². The standard InChI is InChI=1S/C19H29N7/c1-5-20-19(21-12-18-24-23-15(3)25(18)4)22-16-10-11-26(13-16)17-8-6-14(2)7-9-17/h6-9,16H,5,10-13H2,1-4H3,(H2,20,21,22). The van der Waals surface area contributed by atoms with Crippen molar-refractivity contribution in [2.24, 2.45) is 12.0 Å². The van der Waals surface area contributed by atoms with Crippen LogP contribution in [0.2, 0.25) is 0 Å². The minimum Gasteiger partial charge on any atom is -0.369 e. The van der Waals surface area contributed by atoms with Gasteiger partial charge in [-0.1, -0.05) is 17.7 Å².